The first-order valence-corrected chi connectivity index (χ1v) is 8.74. The van der Waals surface area contributed by atoms with Crippen molar-refractivity contribution in [3.05, 3.63) is 69.3 Å². The minimum absolute atomic E-state index is 0.103. The van der Waals surface area contributed by atoms with E-state index in [-0.39, 0.29) is 12.2 Å². The van der Waals surface area contributed by atoms with Crippen LogP contribution in [0.15, 0.2) is 41.2 Å². The molecule has 0 saturated heterocycles. The minimum Gasteiger partial charge on any atom is -0.454 e. The van der Waals surface area contributed by atoms with E-state index in [9.17, 15) is 9.59 Å². The van der Waals surface area contributed by atoms with Crippen molar-refractivity contribution in [1.29, 1.82) is 0 Å². The number of para-hydroxylation sites is 1. The Balaban J connectivity index is 1.76. The number of carbonyl (C=O) groups excluding carboxylic acids is 1. The molecule has 4 aromatic rings. The summed E-state index contributed by atoms with van der Waals surface area (Å²) < 4.78 is 8.58. The molecule has 28 heavy (non-hydrogen) atoms. The van der Waals surface area contributed by atoms with Crippen LogP contribution in [0.25, 0.3) is 16.7 Å². The molecule has 0 unspecified atom stereocenters. The van der Waals surface area contributed by atoms with Crippen molar-refractivity contribution >= 4 is 28.3 Å². The smallest absolute Gasteiger partial charge is 0.340 e. The Hall–Kier alpha value is -3.68. The molecule has 0 spiro atoms. The van der Waals surface area contributed by atoms with Crippen LogP contribution in [0.4, 0.5) is 5.69 Å². The van der Waals surface area contributed by atoms with Crippen molar-refractivity contribution in [2.75, 3.05) is 5.73 Å². The zero-order valence-electron chi connectivity index (χ0n) is 15.8. The third-order valence-corrected chi connectivity index (χ3v) is 4.82. The first kappa shape index (κ1) is 17.7. The number of hydrogen-bond acceptors (Lipinski definition) is 6. The highest BCUT2D eigenvalue weighted by atomic mass is 16.5. The highest BCUT2D eigenvalue weighted by Gasteiger charge is 2.18. The number of fused-ring (bicyclic) bond motifs is 3. The largest absolute Gasteiger partial charge is 0.454 e. The molecule has 0 fully saturated rings. The first-order chi connectivity index (χ1) is 13.4. The van der Waals surface area contributed by atoms with Crippen molar-refractivity contribution in [3.63, 3.8) is 0 Å². The molecule has 142 valence electrons. The van der Waals surface area contributed by atoms with Crippen LogP contribution in [-0.2, 0) is 18.4 Å². The van der Waals surface area contributed by atoms with E-state index in [0.717, 1.165) is 11.1 Å². The summed E-state index contributed by atoms with van der Waals surface area (Å²) >= 11 is 0. The molecule has 0 bridgehead atoms. The van der Waals surface area contributed by atoms with Gasteiger partial charge < -0.3 is 10.5 Å². The van der Waals surface area contributed by atoms with Gasteiger partial charge in [0.25, 0.3) is 5.56 Å². The number of aryl methyl sites for hydroxylation is 3. The van der Waals surface area contributed by atoms with Gasteiger partial charge in [-0.05, 0) is 37.6 Å². The molecule has 0 radical (unpaired) electrons. The number of benzene rings is 2. The molecule has 0 atom stereocenters. The summed E-state index contributed by atoms with van der Waals surface area (Å²) in [5.74, 6) is 0.254. The molecule has 2 aromatic carbocycles. The summed E-state index contributed by atoms with van der Waals surface area (Å²) in [6.45, 7) is 3.64. The Kier molecular flexibility index (Phi) is 4.11. The molecule has 8 heteroatoms. The highest BCUT2D eigenvalue weighted by Crippen LogP contribution is 2.19. The van der Waals surface area contributed by atoms with Crippen LogP contribution >= 0.6 is 0 Å². The Morgan fingerprint density at radius 3 is 2.75 bits per heavy atom. The summed E-state index contributed by atoms with van der Waals surface area (Å²) in [6.07, 6.45) is 0. The highest BCUT2D eigenvalue weighted by molar-refractivity contribution is 5.95. The summed E-state index contributed by atoms with van der Waals surface area (Å²) in [5, 5.41) is 8.76. The van der Waals surface area contributed by atoms with Gasteiger partial charge in [-0.2, -0.15) is 0 Å². The number of aromatic nitrogens is 4. The Morgan fingerprint density at radius 1 is 1.18 bits per heavy atom. The lowest BCUT2D eigenvalue weighted by molar-refractivity contribution is 0.0462. The third kappa shape index (κ3) is 2.70. The Morgan fingerprint density at radius 2 is 1.96 bits per heavy atom. The monoisotopic (exact) mass is 377 g/mol. The van der Waals surface area contributed by atoms with Crippen LogP contribution in [0.5, 0.6) is 0 Å². The first-order valence-electron chi connectivity index (χ1n) is 8.74. The molecule has 8 nitrogen and oxygen atoms in total. The van der Waals surface area contributed by atoms with Crippen LogP contribution in [0.2, 0.25) is 0 Å². The fraction of sp³-hybridized carbons (Fsp3) is 0.200. The van der Waals surface area contributed by atoms with Gasteiger partial charge in [0.2, 0.25) is 5.78 Å². The predicted molar refractivity (Wildman–Crippen MR) is 105 cm³/mol. The number of nitrogen functional groups attached to an aromatic ring is 1. The number of ether oxygens (including phenoxy) is 1. The normalized spacial score (nSPS) is 11.2. The number of nitrogens with zero attached hydrogens (tertiary/aromatic N) is 4. The van der Waals surface area contributed by atoms with Crippen molar-refractivity contribution in [2.24, 2.45) is 7.05 Å². The van der Waals surface area contributed by atoms with Crippen LogP contribution in [0.3, 0.4) is 0 Å². The minimum atomic E-state index is -0.539. The van der Waals surface area contributed by atoms with Crippen molar-refractivity contribution in [2.45, 2.75) is 20.5 Å². The fourth-order valence-electron chi connectivity index (χ4n) is 3.22. The van der Waals surface area contributed by atoms with E-state index in [4.69, 9.17) is 10.5 Å². The van der Waals surface area contributed by atoms with E-state index in [1.807, 2.05) is 38.1 Å². The predicted octanol–water partition coefficient (Wildman–Crippen LogP) is 2.14. The number of nitrogens with two attached hydrogens (primary N) is 1. The summed E-state index contributed by atoms with van der Waals surface area (Å²) in [7, 11) is 1.64. The van der Waals surface area contributed by atoms with Gasteiger partial charge in [0, 0.05) is 12.7 Å². The average Bonchev–Trinajstić information content (AvgIpc) is 3.10. The van der Waals surface area contributed by atoms with Gasteiger partial charge in [-0.15, -0.1) is 10.2 Å². The maximum absolute atomic E-state index is 12.6. The van der Waals surface area contributed by atoms with E-state index in [1.54, 1.807) is 23.6 Å². The van der Waals surface area contributed by atoms with Gasteiger partial charge in [-0.3, -0.25) is 13.8 Å². The molecule has 2 aromatic heterocycles. The van der Waals surface area contributed by atoms with Gasteiger partial charge >= 0.3 is 5.97 Å². The van der Waals surface area contributed by atoms with Crippen LogP contribution in [-0.4, -0.2) is 25.1 Å². The van der Waals surface area contributed by atoms with Gasteiger partial charge in [0.15, 0.2) is 12.4 Å². The zero-order valence-corrected chi connectivity index (χ0v) is 15.8. The summed E-state index contributed by atoms with van der Waals surface area (Å²) in [4.78, 5) is 25.1. The van der Waals surface area contributed by atoms with Crippen LogP contribution in [0.1, 0.15) is 27.3 Å². The van der Waals surface area contributed by atoms with Gasteiger partial charge in [-0.25, -0.2) is 4.79 Å². The van der Waals surface area contributed by atoms with Crippen LogP contribution < -0.4 is 11.3 Å². The molecule has 0 amide bonds. The lowest BCUT2D eigenvalue weighted by Crippen LogP contribution is -2.20. The van der Waals surface area contributed by atoms with E-state index in [1.165, 1.54) is 4.57 Å². The topological polar surface area (TPSA) is 105 Å². The summed E-state index contributed by atoms with van der Waals surface area (Å²) in [5.41, 5.74) is 8.95. The molecular weight excluding hydrogens is 358 g/mol. The second kappa shape index (κ2) is 6.49. The third-order valence-electron chi connectivity index (χ3n) is 4.82. The molecule has 0 saturated carbocycles. The summed E-state index contributed by atoms with van der Waals surface area (Å²) in [6, 6.07) is 10.8. The maximum atomic E-state index is 12.6. The second-order valence-corrected chi connectivity index (χ2v) is 6.75. The number of esters is 1. The number of carbonyl (C=O) groups is 1. The molecule has 2 heterocycles. The SMILES string of the molecule is Cc1ccc2c(c1)c(=O)n(C)c1nnc(COC(=O)c3cccc(C)c3N)n21. The number of rotatable bonds is 3. The lowest BCUT2D eigenvalue weighted by Gasteiger charge is -2.10. The van der Waals surface area contributed by atoms with E-state index < -0.39 is 5.97 Å². The molecule has 0 aliphatic heterocycles. The Bertz CT molecular complexity index is 1300. The second-order valence-electron chi connectivity index (χ2n) is 6.75. The standard InChI is InChI=1S/C20H19N5O3/c1-11-7-8-15-14(9-11)18(26)24(3)20-23-22-16(25(15)20)10-28-19(27)13-6-4-5-12(2)17(13)21/h4-9H,10,21H2,1-3H3. The number of anilines is 1. The van der Waals surface area contributed by atoms with Crippen molar-refractivity contribution in [1.82, 2.24) is 19.2 Å². The van der Waals surface area contributed by atoms with Gasteiger partial charge in [0.1, 0.15) is 0 Å². The van der Waals surface area contributed by atoms with Crippen molar-refractivity contribution in [3.8, 4) is 0 Å². The zero-order chi connectivity index (χ0) is 20.0. The quantitative estimate of drug-likeness (QED) is 0.433. The molecule has 0 aliphatic carbocycles. The van der Waals surface area contributed by atoms with Gasteiger partial charge in [0.05, 0.1) is 16.5 Å². The van der Waals surface area contributed by atoms with Crippen molar-refractivity contribution < 1.29 is 9.53 Å². The number of hydrogen-bond donors (Lipinski definition) is 1. The van der Waals surface area contributed by atoms with E-state index in [2.05, 4.69) is 10.2 Å². The molecular formula is C20H19N5O3. The molecule has 0 aliphatic rings. The van der Waals surface area contributed by atoms with E-state index >= 15 is 0 Å². The van der Waals surface area contributed by atoms with Gasteiger partial charge in [-0.1, -0.05) is 23.8 Å². The maximum Gasteiger partial charge on any atom is 0.340 e. The fourth-order valence-corrected chi connectivity index (χ4v) is 3.22. The Labute approximate surface area is 160 Å². The average molecular weight is 377 g/mol. The van der Waals surface area contributed by atoms with E-state index in [0.29, 0.717) is 33.8 Å². The lowest BCUT2D eigenvalue weighted by atomic mass is 10.1. The molecule has 4 rings (SSSR count). The molecule has 2 N–H and O–H groups in total. The van der Waals surface area contributed by atoms with Crippen LogP contribution in [0, 0.1) is 13.8 Å².